The number of carbonyl (C=O) groups is 1. The van der Waals surface area contributed by atoms with Gasteiger partial charge in [-0.2, -0.15) is 0 Å². The number of hydrogen-bond acceptors (Lipinski definition) is 1. The van der Waals surface area contributed by atoms with Gasteiger partial charge in [0, 0.05) is 17.3 Å². The lowest BCUT2D eigenvalue weighted by Crippen LogP contribution is -2.51. The summed E-state index contributed by atoms with van der Waals surface area (Å²) >= 11 is 17.2. The van der Waals surface area contributed by atoms with E-state index in [1.165, 1.54) is 12.1 Å². The Kier molecular flexibility index (Phi) is 5.70. The van der Waals surface area contributed by atoms with Crippen LogP contribution >= 0.6 is 34.8 Å². The zero-order valence-corrected chi connectivity index (χ0v) is 12.0. The minimum atomic E-state index is -0.684. The summed E-state index contributed by atoms with van der Waals surface area (Å²) in [5.41, 5.74) is -0.499. The molecule has 1 amide bonds. The molecule has 0 radical (unpaired) electrons. The van der Waals surface area contributed by atoms with E-state index in [9.17, 15) is 9.18 Å². The number of rotatable bonds is 5. The van der Waals surface area contributed by atoms with Crippen molar-refractivity contribution in [2.75, 3.05) is 11.8 Å². The maximum absolute atomic E-state index is 13.3. The number of alkyl halides is 2. The lowest BCUT2D eigenvalue weighted by Gasteiger charge is -2.29. The van der Waals surface area contributed by atoms with Gasteiger partial charge in [-0.15, -0.1) is 23.2 Å². The van der Waals surface area contributed by atoms with Crippen LogP contribution in [0.4, 0.5) is 4.39 Å². The average molecular weight is 313 g/mol. The van der Waals surface area contributed by atoms with Crippen molar-refractivity contribution in [3.05, 3.63) is 34.6 Å². The van der Waals surface area contributed by atoms with Gasteiger partial charge in [-0.1, -0.05) is 18.5 Å². The first-order valence-electron chi connectivity index (χ1n) is 5.37. The molecule has 1 N–H and O–H groups in total. The molecule has 0 heterocycles. The summed E-state index contributed by atoms with van der Waals surface area (Å²) in [4.78, 5) is 12.0. The van der Waals surface area contributed by atoms with E-state index in [-0.39, 0.29) is 22.3 Å². The van der Waals surface area contributed by atoms with Crippen LogP contribution in [0.1, 0.15) is 23.7 Å². The van der Waals surface area contributed by atoms with Gasteiger partial charge in [-0.25, -0.2) is 4.39 Å². The van der Waals surface area contributed by atoms with Crippen LogP contribution in [-0.2, 0) is 0 Å². The monoisotopic (exact) mass is 311 g/mol. The third kappa shape index (κ3) is 3.50. The summed E-state index contributed by atoms with van der Waals surface area (Å²) in [5.74, 6) is -0.680. The molecule has 0 aliphatic rings. The highest BCUT2D eigenvalue weighted by molar-refractivity contribution is 6.30. The molecule has 18 heavy (non-hydrogen) atoms. The van der Waals surface area contributed by atoms with E-state index in [4.69, 9.17) is 34.8 Å². The largest absolute Gasteiger partial charge is 0.344 e. The molecule has 0 aromatic heterocycles. The van der Waals surface area contributed by atoms with Crippen LogP contribution in [-0.4, -0.2) is 23.2 Å². The highest BCUT2D eigenvalue weighted by Gasteiger charge is 2.28. The molecule has 0 fully saturated rings. The van der Waals surface area contributed by atoms with Crippen molar-refractivity contribution in [1.82, 2.24) is 5.32 Å². The van der Waals surface area contributed by atoms with Crippen LogP contribution in [0.5, 0.6) is 0 Å². The Morgan fingerprint density at radius 1 is 1.39 bits per heavy atom. The van der Waals surface area contributed by atoms with E-state index >= 15 is 0 Å². The predicted octanol–water partition coefficient (Wildman–Crippen LogP) is 3.84. The number of nitrogens with one attached hydrogen (secondary N) is 1. The molecule has 0 aliphatic carbocycles. The van der Waals surface area contributed by atoms with Gasteiger partial charge in [0.1, 0.15) is 5.82 Å². The molecule has 100 valence electrons. The van der Waals surface area contributed by atoms with Crippen LogP contribution in [0.15, 0.2) is 18.2 Å². The lowest BCUT2D eigenvalue weighted by atomic mass is 10.0. The molecule has 0 bridgehead atoms. The van der Waals surface area contributed by atoms with E-state index < -0.39 is 17.3 Å². The minimum absolute atomic E-state index is 0.0250. The lowest BCUT2D eigenvalue weighted by molar-refractivity contribution is 0.0913. The highest BCUT2D eigenvalue weighted by atomic mass is 35.5. The molecule has 0 saturated heterocycles. The van der Waals surface area contributed by atoms with Crippen molar-refractivity contribution in [2.24, 2.45) is 0 Å². The third-order valence-corrected chi connectivity index (χ3v) is 4.08. The number of halogens is 4. The summed E-state index contributed by atoms with van der Waals surface area (Å²) in [6.45, 7) is 1.87. The molecule has 1 aromatic carbocycles. The summed E-state index contributed by atoms with van der Waals surface area (Å²) in [6, 6.07) is 3.87. The fourth-order valence-corrected chi connectivity index (χ4v) is 2.25. The van der Waals surface area contributed by atoms with Crippen LogP contribution in [0.2, 0.25) is 5.02 Å². The van der Waals surface area contributed by atoms with Gasteiger partial charge in [0.05, 0.1) is 10.6 Å². The van der Waals surface area contributed by atoms with Crippen molar-refractivity contribution in [3.8, 4) is 0 Å². The minimum Gasteiger partial charge on any atom is -0.344 e. The van der Waals surface area contributed by atoms with Crippen molar-refractivity contribution in [2.45, 2.75) is 18.9 Å². The number of carbonyl (C=O) groups excluding carboxylic acids is 1. The van der Waals surface area contributed by atoms with Gasteiger partial charge >= 0.3 is 0 Å². The number of benzene rings is 1. The Hall–Kier alpha value is -0.510. The Labute approximate surface area is 120 Å². The summed E-state index contributed by atoms with van der Waals surface area (Å²) < 4.78 is 13.3. The van der Waals surface area contributed by atoms with Crippen LogP contribution in [0, 0.1) is 5.82 Å². The van der Waals surface area contributed by atoms with E-state index in [0.29, 0.717) is 6.42 Å². The molecule has 1 aromatic rings. The van der Waals surface area contributed by atoms with Gasteiger partial charge in [0.25, 0.3) is 5.91 Å². The van der Waals surface area contributed by atoms with Crippen molar-refractivity contribution < 1.29 is 9.18 Å². The standard InChI is InChI=1S/C12H13Cl3FNO/c1-2-12(6-13,7-14)17-11(18)8-3-4-9(15)10(16)5-8/h3-5H,2,6-7H2,1H3,(H,17,18). The second-order valence-corrected chi connectivity index (χ2v) is 4.93. The third-order valence-electron chi connectivity index (χ3n) is 2.75. The van der Waals surface area contributed by atoms with E-state index in [0.717, 1.165) is 6.07 Å². The normalized spacial score (nSPS) is 11.4. The maximum Gasteiger partial charge on any atom is 0.251 e. The number of hydrogen-bond donors (Lipinski definition) is 1. The predicted molar refractivity (Wildman–Crippen MR) is 73.3 cm³/mol. The Morgan fingerprint density at radius 2 is 2.00 bits per heavy atom. The Morgan fingerprint density at radius 3 is 2.44 bits per heavy atom. The van der Waals surface area contributed by atoms with Gasteiger partial charge < -0.3 is 5.32 Å². The van der Waals surface area contributed by atoms with Crippen LogP contribution in [0.25, 0.3) is 0 Å². The number of amides is 1. The molecule has 6 heteroatoms. The van der Waals surface area contributed by atoms with Crippen LogP contribution in [0.3, 0.4) is 0 Å². The maximum atomic E-state index is 13.3. The van der Waals surface area contributed by atoms with Gasteiger partial charge in [-0.3, -0.25) is 4.79 Å². The molecule has 0 atom stereocenters. The zero-order valence-electron chi connectivity index (χ0n) is 9.77. The fraction of sp³-hybridized carbons (Fsp3) is 0.417. The van der Waals surface area contributed by atoms with Crippen molar-refractivity contribution in [1.29, 1.82) is 0 Å². The topological polar surface area (TPSA) is 29.1 Å². The molecule has 0 unspecified atom stereocenters. The molecular formula is C12H13Cl3FNO. The summed E-state index contributed by atoms with van der Waals surface area (Å²) in [7, 11) is 0. The smallest absolute Gasteiger partial charge is 0.251 e. The average Bonchev–Trinajstić information content (AvgIpc) is 2.39. The van der Waals surface area contributed by atoms with Crippen molar-refractivity contribution in [3.63, 3.8) is 0 Å². The van der Waals surface area contributed by atoms with Crippen molar-refractivity contribution >= 4 is 40.7 Å². The highest BCUT2D eigenvalue weighted by Crippen LogP contribution is 2.18. The first kappa shape index (κ1) is 15.5. The molecule has 0 saturated carbocycles. The fourth-order valence-electron chi connectivity index (χ4n) is 1.33. The van der Waals surface area contributed by atoms with E-state index in [1.54, 1.807) is 0 Å². The SMILES string of the molecule is CCC(CCl)(CCl)NC(=O)c1ccc(Cl)c(F)c1. The molecule has 0 aliphatic heterocycles. The Balaban J connectivity index is 2.90. The first-order chi connectivity index (χ1) is 8.48. The Bertz CT molecular complexity index is 427. The van der Waals surface area contributed by atoms with Gasteiger partial charge in [-0.05, 0) is 24.6 Å². The van der Waals surface area contributed by atoms with Crippen LogP contribution < -0.4 is 5.32 Å². The van der Waals surface area contributed by atoms with E-state index in [1.807, 2.05) is 6.92 Å². The summed E-state index contributed by atoms with van der Waals surface area (Å²) in [5, 5.41) is 2.70. The van der Waals surface area contributed by atoms with Gasteiger partial charge in [0.15, 0.2) is 0 Å². The quantitative estimate of drug-likeness (QED) is 0.822. The molecular weight excluding hydrogens is 299 g/mol. The molecule has 1 rings (SSSR count). The zero-order chi connectivity index (χ0) is 13.8. The second kappa shape index (κ2) is 6.60. The molecule has 0 spiro atoms. The van der Waals surface area contributed by atoms with E-state index in [2.05, 4.69) is 5.32 Å². The summed E-state index contributed by atoms with van der Waals surface area (Å²) in [6.07, 6.45) is 0.585. The molecule has 2 nitrogen and oxygen atoms in total. The second-order valence-electron chi connectivity index (χ2n) is 3.98. The van der Waals surface area contributed by atoms with Gasteiger partial charge in [0.2, 0.25) is 0 Å². The first-order valence-corrected chi connectivity index (χ1v) is 6.82.